The van der Waals surface area contributed by atoms with Crippen molar-refractivity contribution in [3.8, 4) is 0 Å². The highest BCUT2D eigenvalue weighted by atomic mass is 19.1. The van der Waals surface area contributed by atoms with E-state index in [2.05, 4.69) is 26.6 Å². The number of ketones is 1. The smallest absolute Gasteiger partial charge is 0.339 e. The molecule has 0 saturated heterocycles. The van der Waals surface area contributed by atoms with E-state index in [1.807, 2.05) is 0 Å². The number of benzene rings is 2. The molecule has 1 aliphatic rings. The van der Waals surface area contributed by atoms with E-state index in [0.717, 1.165) is 6.42 Å². The molecule has 4 atom stereocenters. The van der Waals surface area contributed by atoms with Gasteiger partial charge in [-0.3, -0.25) is 33.6 Å². The van der Waals surface area contributed by atoms with E-state index in [0.29, 0.717) is 49.8 Å². The number of carboxylic acids is 1. The summed E-state index contributed by atoms with van der Waals surface area (Å²) < 4.78 is 29.2. The Hall–Kier alpha value is -5.74. The molecule has 1 aliphatic carbocycles. The van der Waals surface area contributed by atoms with E-state index in [1.165, 1.54) is 0 Å². The van der Waals surface area contributed by atoms with Gasteiger partial charge < -0.3 is 37.4 Å². The van der Waals surface area contributed by atoms with Gasteiger partial charge in [0.2, 0.25) is 29.4 Å². The molecule has 0 aliphatic heterocycles. The number of halogens is 2. The number of carboxylic acid groups (broad SMARTS) is 1. The Morgan fingerprint density at radius 3 is 1.96 bits per heavy atom. The van der Waals surface area contributed by atoms with Crippen molar-refractivity contribution < 1.29 is 52.2 Å². The molecule has 0 unspecified atom stereocenters. The maximum Gasteiger partial charge on any atom is 0.339 e. The van der Waals surface area contributed by atoms with Crippen molar-refractivity contribution in [3.63, 3.8) is 0 Å². The molecule has 1 fully saturated rings. The standard InChI is InChI=1S/C38H48F2N6O9/c1-4-11-25(32(48)37(53)42-19-27(47)45-30(33(41)49)21-12-7-5-8-13-21)43-34(50)26(18-20(2)3)44-36(52)31(22-14-9-6-10-15-22)46-35(51)28-23(39)16-17-24(40)29(28)38(54)55/h5,7-8,12-13,16-17,20,22,25-26,30-31H,4,6,9-11,14-15,18-19H2,1-3H3,(H2,41,49)(H,42,53)(H,43,50)(H,44,52)(H,45,47)(H,46,51)(H,54,55)/t25-,26-,30-,31-/m0/s1. The van der Waals surface area contributed by atoms with Crippen LogP contribution in [-0.2, 0) is 28.8 Å². The number of Topliss-reactive ketones (excluding diaryl/α,β-unsaturated/α-hetero) is 1. The summed E-state index contributed by atoms with van der Waals surface area (Å²) >= 11 is 0. The third kappa shape index (κ3) is 12.4. The fourth-order valence-electron chi connectivity index (χ4n) is 6.44. The second-order valence-electron chi connectivity index (χ2n) is 13.8. The Balaban J connectivity index is 1.76. The van der Waals surface area contributed by atoms with Crippen LogP contribution in [0.25, 0.3) is 0 Å². The van der Waals surface area contributed by atoms with Gasteiger partial charge in [-0.15, -0.1) is 0 Å². The molecule has 55 heavy (non-hydrogen) atoms. The number of nitrogens with two attached hydrogens (primary N) is 1. The van der Waals surface area contributed by atoms with Crippen molar-refractivity contribution in [2.45, 2.75) is 96.3 Å². The molecule has 2 aromatic carbocycles. The summed E-state index contributed by atoms with van der Waals surface area (Å²) in [6, 6.07) is 4.06. The van der Waals surface area contributed by atoms with Crippen LogP contribution in [0.1, 0.15) is 104 Å². The minimum Gasteiger partial charge on any atom is -0.478 e. The Morgan fingerprint density at radius 2 is 1.40 bits per heavy atom. The second-order valence-corrected chi connectivity index (χ2v) is 13.8. The summed E-state index contributed by atoms with van der Waals surface area (Å²) in [6.45, 7) is 4.54. The van der Waals surface area contributed by atoms with E-state index in [-0.39, 0.29) is 18.8 Å². The largest absolute Gasteiger partial charge is 0.478 e. The normalized spacial score (nSPS) is 15.1. The number of rotatable bonds is 19. The summed E-state index contributed by atoms with van der Waals surface area (Å²) in [6.07, 6.45) is 3.57. The fraction of sp³-hybridized carbons (Fsp3) is 0.474. The van der Waals surface area contributed by atoms with Crippen LogP contribution in [-0.4, -0.2) is 77.0 Å². The first kappa shape index (κ1) is 43.7. The lowest BCUT2D eigenvalue weighted by Crippen LogP contribution is -2.58. The molecule has 1 saturated carbocycles. The van der Waals surface area contributed by atoms with E-state index < -0.39 is 107 Å². The monoisotopic (exact) mass is 770 g/mol. The number of hydrogen-bond donors (Lipinski definition) is 7. The van der Waals surface area contributed by atoms with Gasteiger partial charge in [0.15, 0.2) is 0 Å². The van der Waals surface area contributed by atoms with Gasteiger partial charge in [0, 0.05) is 0 Å². The lowest BCUT2D eigenvalue weighted by molar-refractivity contribution is -0.141. The molecule has 0 heterocycles. The Kier molecular flexibility index (Phi) is 16.4. The number of aromatic carboxylic acids is 1. The topological polar surface area (TPSA) is 243 Å². The minimum absolute atomic E-state index is 0.0101. The average molecular weight is 771 g/mol. The quantitative estimate of drug-likeness (QED) is 0.103. The predicted octanol–water partition coefficient (Wildman–Crippen LogP) is 2.19. The Bertz CT molecular complexity index is 1750. The van der Waals surface area contributed by atoms with Crippen LogP contribution in [0.5, 0.6) is 0 Å². The van der Waals surface area contributed by atoms with Gasteiger partial charge >= 0.3 is 5.97 Å². The van der Waals surface area contributed by atoms with Gasteiger partial charge in [0.25, 0.3) is 11.8 Å². The molecule has 298 valence electrons. The number of primary amides is 1. The first-order valence-electron chi connectivity index (χ1n) is 18.1. The average Bonchev–Trinajstić information content (AvgIpc) is 3.15. The van der Waals surface area contributed by atoms with Crippen molar-refractivity contribution in [3.05, 3.63) is 70.8 Å². The minimum atomic E-state index is -1.89. The van der Waals surface area contributed by atoms with Crippen molar-refractivity contribution in [2.24, 2.45) is 17.6 Å². The summed E-state index contributed by atoms with van der Waals surface area (Å²) in [5, 5.41) is 21.6. The number of carbonyl (C=O) groups excluding carboxylic acids is 7. The maximum atomic E-state index is 14.8. The molecule has 2 aromatic rings. The highest BCUT2D eigenvalue weighted by molar-refractivity contribution is 6.38. The molecule has 0 radical (unpaired) electrons. The first-order chi connectivity index (χ1) is 26.0. The van der Waals surface area contributed by atoms with Crippen LogP contribution in [0.3, 0.4) is 0 Å². The third-order valence-electron chi connectivity index (χ3n) is 9.14. The van der Waals surface area contributed by atoms with Gasteiger partial charge in [0.1, 0.15) is 35.3 Å². The van der Waals surface area contributed by atoms with Crippen LogP contribution in [0.2, 0.25) is 0 Å². The Labute approximate surface area is 316 Å². The molecule has 15 nitrogen and oxygen atoms in total. The molecule has 8 N–H and O–H groups in total. The first-order valence-corrected chi connectivity index (χ1v) is 18.1. The highest BCUT2D eigenvalue weighted by Crippen LogP contribution is 2.28. The molecule has 0 aromatic heterocycles. The van der Waals surface area contributed by atoms with Gasteiger partial charge in [-0.25, -0.2) is 13.6 Å². The van der Waals surface area contributed by atoms with Crippen molar-refractivity contribution >= 4 is 47.2 Å². The number of nitrogens with one attached hydrogen (secondary N) is 5. The van der Waals surface area contributed by atoms with Gasteiger partial charge in [-0.05, 0) is 55.2 Å². The summed E-state index contributed by atoms with van der Waals surface area (Å²) in [5.74, 6) is -12.2. The van der Waals surface area contributed by atoms with Crippen LogP contribution >= 0.6 is 0 Å². The summed E-state index contributed by atoms with van der Waals surface area (Å²) in [4.78, 5) is 103. The van der Waals surface area contributed by atoms with Crippen LogP contribution in [0, 0.1) is 23.5 Å². The predicted molar refractivity (Wildman–Crippen MR) is 194 cm³/mol. The van der Waals surface area contributed by atoms with Crippen LogP contribution < -0.4 is 32.3 Å². The van der Waals surface area contributed by atoms with Crippen molar-refractivity contribution in [1.82, 2.24) is 26.6 Å². The third-order valence-corrected chi connectivity index (χ3v) is 9.14. The summed E-state index contributed by atoms with van der Waals surface area (Å²) in [7, 11) is 0. The zero-order valence-corrected chi connectivity index (χ0v) is 30.9. The van der Waals surface area contributed by atoms with Crippen LogP contribution in [0.15, 0.2) is 42.5 Å². The van der Waals surface area contributed by atoms with Crippen LogP contribution in [0.4, 0.5) is 8.78 Å². The molecular weight excluding hydrogens is 722 g/mol. The number of hydrogen-bond acceptors (Lipinski definition) is 8. The highest BCUT2D eigenvalue weighted by Gasteiger charge is 2.37. The van der Waals surface area contributed by atoms with Gasteiger partial charge in [-0.1, -0.05) is 76.8 Å². The van der Waals surface area contributed by atoms with Crippen molar-refractivity contribution in [2.75, 3.05) is 6.54 Å². The lowest BCUT2D eigenvalue weighted by atomic mass is 9.83. The lowest BCUT2D eigenvalue weighted by Gasteiger charge is -2.32. The Morgan fingerprint density at radius 1 is 0.800 bits per heavy atom. The molecule has 3 rings (SSSR count). The molecule has 6 amide bonds. The number of amides is 6. The van der Waals surface area contributed by atoms with Crippen molar-refractivity contribution in [1.29, 1.82) is 0 Å². The fourth-order valence-corrected chi connectivity index (χ4v) is 6.44. The van der Waals surface area contributed by atoms with E-state index >= 15 is 0 Å². The molecule has 0 bridgehead atoms. The summed E-state index contributed by atoms with van der Waals surface area (Å²) in [5.41, 5.74) is 3.54. The maximum absolute atomic E-state index is 14.8. The molecular formula is C38H48F2N6O9. The zero-order chi connectivity index (χ0) is 40.8. The van der Waals surface area contributed by atoms with Gasteiger partial charge in [0.05, 0.1) is 18.2 Å². The van der Waals surface area contributed by atoms with E-state index in [9.17, 15) is 52.2 Å². The zero-order valence-electron chi connectivity index (χ0n) is 30.9. The van der Waals surface area contributed by atoms with E-state index in [4.69, 9.17) is 5.73 Å². The second kappa shape index (κ2) is 20.6. The van der Waals surface area contributed by atoms with E-state index in [1.54, 1.807) is 51.1 Å². The number of carbonyl (C=O) groups is 8. The molecule has 17 heteroatoms. The SMILES string of the molecule is CCC[C@H](NC(=O)[C@H](CC(C)C)NC(=O)[C@@H](NC(=O)c1c(F)ccc(F)c1C(=O)O)C1CCCCC1)C(=O)C(=O)NCC(=O)N[C@H](C(N)=O)c1ccccc1. The van der Waals surface area contributed by atoms with Gasteiger partial charge in [-0.2, -0.15) is 0 Å². The molecule has 0 spiro atoms.